The highest BCUT2D eigenvalue weighted by atomic mass is 16.6. The zero-order chi connectivity index (χ0) is 58.5. The number of carbonyl (C=O) groups excluding carboxylic acids is 3. The van der Waals surface area contributed by atoms with Gasteiger partial charge in [0.05, 0.1) is 0 Å². The predicted octanol–water partition coefficient (Wildman–Crippen LogP) is 24.0. The van der Waals surface area contributed by atoms with E-state index in [0.717, 1.165) is 103 Å². The van der Waals surface area contributed by atoms with Crippen LogP contribution in [0.15, 0.2) is 97.2 Å². The van der Waals surface area contributed by atoms with E-state index in [9.17, 15) is 14.4 Å². The maximum absolute atomic E-state index is 12.9. The van der Waals surface area contributed by atoms with Gasteiger partial charge >= 0.3 is 17.9 Å². The van der Waals surface area contributed by atoms with Gasteiger partial charge in [-0.3, -0.25) is 14.4 Å². The summed E-state index contributed by atoms with van der Waals surface area (Å²) in [7, 11) is 0. The summed E-state index contributed by atoms with van der Waals surface area (Å²) in [5.41, 5.74) is 0. The van der Waals surface area contributed by atoms with E-state index in [2.05, 4.69) is 118 Å². The lowest BCUT2D eigenvalue weighted by Gasteiger charge is -2.18. The molecular formula is C75H130O6. The normalized spacial score (nSPS) is 12.7. The van der Waals surface area contributed by atoms with Crippen molar-refractivity contribution in [2.45, 2.75) is 348 Å². The Kier molecular flexibility index (Phi) is 65.7. The minimum absolute atomic E-state index is 0.0753. The predicted molar refractivity (Wildman–Crippen MR) is 353 cm³/mol. The maximum Gasteiger partial charge on any atom is 0.306 e. The Bertz CT molecular complexity index is 1580. The minimum atomic E-state index is -0.779. The van der Waals surface area contributed by atoms with Crippen LogP contribution in [0.2, 0.25) is 0 Å². The highest BCUT2D eigenvalue weighted by Crippen LogP contribution is 2.17. The summed E-state index contributed by atoms with van der Waals surface area (Å²) in [6.45, 7) is 6.55. The van der Waals surface area contributed by atoms with Crippen molar-refractivity contribution >= 4 is 17.9 Å². The number of esters is 3. The molecule has 0 aliphatic heterocycles. The molecule has 0 aliphatic carbocycles. The van der Waals surface area contributed by atoms with Crippen LogP contribution in [0.25, 0.3) is 0 Å². The molecule has 6 heteroatoms. The van der Waals surface area contributed by atoms with E-state index in [-0.39, 0.29) is 31.1 Å². The van der Waals surface area contributed by atoms with E-state index in [4.69, 9.17) is 14.2 Å². The zero-order valence-corrected chi connectivity index (χ0v) is 53.5. The molecule has 0 radical (unpaired) electrons. The second-order valence-corrected chi connectivity index (χ2v) is 23.1. The smallest absolute Gasteiger partial charge is 0.306 e. The summed E-state index contributed by atoms with van der Waals surface area (Å²) >= 11 is 0. The largest absolute Gasteiger partial charge is 0.462 e. The lowest BCUT2D eigenvalue weighted by Crippen LogP contribution is -2.30. The number of rotatable bonds is 63. The van der Waals surface area contributed by atoms with E-state index in [1.807, 2.05) is 0 Å². The molecule has 6 nitrogen and oxygen atoms in total. The average Bonchev–Trinajstić information content (AvgIpc) is 3.47. The molecule has 0 amide bonds. The second-order valence-electron chi connectivity index (χ2n) is 23.1. The van der Waals surface area contributed by atoms with Crippen molar-refractivity contribution in [3.05, 3.63) is 97.2 Å². The highest BCUT2D eigenvalue weighted by molar-refractivity contribution is 5.71. The molecule has 81 heavy (non-hydrogen) atoms. The molecule has 0 saturated carbocycles. The molecule has 0 fully saturated rings. The van der Waals surface area contributed by atoms with E-state index in [1.165, 1.54) is 199 Å². The first-order chi connectivity index (χ1) is 40.0. The van der Waals surface area contributed by atoms with Crippen LogP contribution < -0.4 is 0 Å². The molecule has 0 saturated heterocycles. The molecule has 1 atom stereocenters. The van der Waals surface area contributed by atoms with Gasteiger partial charge in [-0.2, -0.15) is 0 Å². The monoisotopic (exact) mass is 1130 g/mol. The van der Waals surface area contributed by atoms with Gasteiger partial charge in [-0.15, -0.1) is 0 Å². The van der Waals surface area contributed by atoms with Crippen molar-refractivity contribution in [2.75, 3.05) is 13.2 Å². The van der Waals surface area contributed by atoms with Gasteiger partial charge in [0, 0.05) is 19.3 Å². The van der Waals surface area contributed by atoms with Crippen molar-refractivity contribution in [3.8, 4) is 0 Å². The Labute approximate surface area is 502 Å². The van der Waals surface area contributed by atoms with Crippen LogP contribution in [-0.2, 0) is 28.6 Å². The van der Waals surface area contributed by atoms with E-state index in [0.29, 0.717) is 19.3 Å². The third-order valence-electron chi connectivity index (χ3n) is 15.1. The molecule has 0 aromatic carbocycles. The van der Waals surface area contributed by atoms with Crippen LogP contribution in [-0.4, -0.2) is 37.2 Å². The Balaban J connectivity index is 4.22. The van der Waals surface area contributed by atoms with Gasteiger partial charge in [0.1, 0.15) is 13.2 Å². The summed E-state index contributed by atoms with van der Waals surface area (Å²) < 4.78 is 17.0. The van der Waals surface area contributed by atoms with Crippen LogP contribution in [0.1, 0.15) is 342 Å². The number of hydrogen-bond acceptors (Lipinski definition) is 6. The van der Waals surface area contributed by atoms with Crippen LogP contribution in [0.4, 0.5) is 0 Å². The van der Waals surface area contributed by atoms with Crippen LogP contribution in [0.3, 0.4) is 0 Å². The highest BCUT2D eigenvalue weighted by Gasteiger charge is 2.19. The van der Waals surface area contributed by atoms with Gasteiger partial charge in [-0.05, 0) is 103 Å². The molecule has 0 aromatic rings. The van der Waals surface area contributed by atoms with Crippen molar-refractivity contribution in [1.82, 2.24) is 0 Å². The molecule has 466 valence electrons. The Morgan fingerprint density at radius 3 is 0.765 bits per heavy atom. The standard InChI is InChI=1S/C75H130O6/c1-4-7-10-13-16-19-22-25-27-29-31-32-33-34-35-36-37-38-39-40-41-42-43-44-45-47-48-50-53-56-59-62-65-68-74(77)80-71-72(70-79-73(76)67-64-61-58-55-52-24-21-18-15-12-9-6-3)81-75(78)69-66-63-60-57-54-51-49-46-30-28-26-23-20-17-14-11-8-5-2/h7,10,16,19,25,27-28,30-32,34-35,37-38,40-41,72H,4-6,8-9,11-15,17-18,20-24,26,29,33,36,39,42-71H2,1-3H3/b10-7-,19-16-,27-25-,30-28-,32-31-,35-34-,38-37-,41-40-. The molecule has 0 aromatic heterocycles. The summed E-state index contributed by atoms with van der Waals surface area (Å²) in [6.07, 6.45) is 92.8. The first-order valence-corrected chi connectivity index (χ1v) is 34.7. The van der Waals surface area contributed by atoms with E-state index < -0.39 is 6.10 Å². The number of allylic oxidation sites excluding steroid dienone is 16. The van der Waals surface area contributed by atoms with Crippen LogP contribution in [0, 0.1) is 0 Å². The molecule has 0 heterocycles. The molecule has 0 aliphatic rings. The van der Waals surface area contributed by atoms with Crippen LogP contribution in [0.5, 0.6) is 0 Å². The fourth-order valence-corrected chi connectivity index (χ4v) is 9.89. The summed E-state index contributed by atoms with van der Waals surface area (Å²) in [5.74, 6) is -0.868. The van der Waals surface area contributed by atoms with Crippen molar-refractivity contribution in [2.24, 2.45) is 0 Å². The minimum Gasteiger partial charge on any atom is -0.462 e. The molecule has 0 rings (SSSR count). The lowest BCUT2D eigenvalue weighted by atomic mass is 10.0. The van der Waals surface area contributed by atoms with Crippen molar-refractivity contribution < 1.29 is 28.6 Å². The molecular weight excluding hydrogens is 997 g/mol. The Hall–Kier alpha value is -3.67. The van der Waals surface area contributed by atoms with E-state index >= 15 is 0 Å². The third-order valence-corrected chi connectivity index (χ3v) is 15.1. The van der Waals surface area contributed by atoms with Gasteiger partial charge < -0.3 is 14.2 Å². The number of unbranched alkanes of at least 4 members (excludes halogenated alkanes) is 36. The molecule has 0 N–H and O–H groups in total. The van der Waals surface area contributed by atoms with Crippen molar-refractivity contribution in [1.29, 1.82) is 0 Å². The molecule has 0 bridgehead atoms. The Morgan fingerprint density at radius 2 is 0.481 bits per heavy atom. The second kappa shape index (κ2) is 68.8. The van der Waals surface area contributed by atoms with Crippen molar-refractivity contribution in [3.63, 3.8) is 0 Å². The quantitative estimate of drug-likeness (QED) is 0.0261. The van der Waals surface area contributed by atoms with Gasteiger partial charge in [0.15, 0.2) is 6.10 Å². The van der Waals surface area contributed by atoms with Gasteiger partial charge in [0.2, 0.25) is 0 Å². The summed E-state index contributed by atoms with van der Waals surface area (Å²) in [6, 6.07) is 0. The summed E-state index contributed by atoms with van der Waals surface area (Å²) in [5, 5.41) is 0. The third kappa shape index (κ3) is 67.0. The topological polar surface area (TPSA) is 78.9 Å². The number of carbonyl (C=O) groups is 3. The molecule has 1 unspecified atom stereocenters. The van der Waals surface area contributed by atoms with Gasteiger partial charge in [-0.25, -0.2) is 0 Å². The van der Waals surface area contributed by atoms with Crippen LogP contribution >= 0.6 is 0 Å². The number of ether oxygens (including phenoxy) is 3. The lowest BCUT2D eigenvalue weighted by molar-refractivity contribution is -0.167. The van der Waals surface area contributed by atoms with Gasteiger partial charge in [-0.1, -0.05) is 317 Å². The van der Waals surface area contributed by atoms with E-state index in [1.54, 1.807) is 0 Å². The number of hydrogen-bond donors (Lipinski definition) is 0. The fourth-order valence-electron chi connectivity index (χ4n) is 9.89. The fraction of sp³-hybridized carbons (Fsp3) is 0.747. The zero-order valence-electron chi connectivity index (χ0n) is 53.5. The van der Waals surface area contributed by atoms with Gasteiger partial charge in [0.25, 0.3) is 0 Å². The summed E-state index contributed by atoms with van der Waals surface area (Å²) in [4.78, 5) is 38.3. The molecule has 0 spiro atoms. The SMILES string of the molecule is CC/C=C\C/C=C\C/C=C\C/C=C\C/C=C\C/C=C\C/C=C\CCCCCCCCCCCCCC(=O)OCC(COC(=O)CCCCCCCCCCCCCC)OC(=O)CCCCCCCCC/C=C\CCCCCCCCC. The maximum atomic E-state index is 12.9. The first-order valence-electron chi connectivity index (χ1n) is 34.7. The average molecular weight is 1130 g/mol. The first kappa shape index (κ1) is 77.3. The Morgan fingerprint density at radius 1 is 0.259 bits per heavy atom.